The zero-order chi connectivity index (χ0) is 18.9. The fourth-order valence-electron chi connectivity index (χ4n) is 7.70. The Morgan fingerprint density at radius 2 is 2.04 bits per heavy atom. The number of aliphatic carboxylic acids is 1. The summed E-state index contributed by atoms with van der Waals surface area (Å²) < 4.78 is 5.82. The highest BCUT2D eigenvalue weighted by atomic mass is 16.6. The molecule has 0 aromatic rings. The molecule has 142 valence electrons. The Kier molecular flexibility index (Phi) is 2.79. The minimum absolute atomic E-state index is 0.0167. The Morgan fingerprint density at radius 3 is 2.69 bits per heavy atom. The first kappa shape index (κ1) is 16.7. The highest BCUT2D eigenvalue weighted by Crippen LogP contribution is 2.78. The van der Waals surface area contributed by atoms with Crippen molar-refractivity contribution in [1.29, 1.82) is 0 Å². The molecule has 4 bridgehead atoms. The summed E-state index contributed by atoms with van der Waals surface area (Å²) in [5.41, 5.74) is -3.84. The number of hydrogen-bond donors (Lipinski definition) is 4. The summed E-state index contributed by atoms with van der Waals surface area (Å²) in [4.78, 5) is 25.2. The summed E-state index contributed by atoms with van der Waals surface area (Å²) in [6, 6.07) is 0. The molecule has 9 atom stereocenters. The number of aliphatic hydroxyl groups is 3. The van der Waals surface area contributed by atoms with Gasteiger partial charge in [0.25, 0.3) is 0 Å². The number of hydrogen-bond acceptors (Lipinski definition) is 6. The maximum atomic E-state index is 12.7. The van der Waals surface area contributed by atoms with Crippen LogP contribution in [0.25, 0.3) is 0 Å². The van der Waals surface area contributed by atoms with Gasteiger partial charge in [0, 0.05) is 11.8 Å². The summed E-state index contributed by atoms with van der Waals surface area (Å²) in [6.45, 7) is 5.65. The molecule has 1 heterocycles. The minimum Gasteiger partial charge on any atom is -0.481 e. The first-order valence-corrected chi connectivity index (χ1v) is 9.26. The molecule has 5 aliphatic rings. The van der Waals surface area contributed by atoms with Crippen LogP contribution in [0.2, 0.25) is 0 Å². The fraction of sp³-hybridized carbons (Fsp3) is 0.789. The molecule has 7 nitrogen and oxygen atoms in total. The Bertz CT molecular complexity index is 763. The Labute approximate surface area is 150 Å². The van der Waals surface area contributed by atoms with Crippen molar-refractivity contribution in [1.82, 2.24) is 0 Å². The molecule has 0 radical (unpaired) electrons. The summed E-state index contributed by atoms with van der Waals surface area (Å²) in [7, 11) is 0. The van der Waals surface area contributed by atoms with Gasteiger partial charge < -0.3 is 25.2 Å². The van der Waals surface area contributed by atoms with E-state index in [0.29, 0.717) is 24.8 Å². The largest absolute Gasteiger partial charge is 0.481 e. The molecular weight excluding hydrogens is 340 g/mol. The van der Waals surface area contributed by atoms with Crippen molar-refractivity contribution in [3.63, 3.8) is 0 Å². The molecule has 0 aromatic carbocycles. The van der Waals surface area contributed by atoms with Crippen molar-refractivity contribution in [2.75, 3.05) is 0 Å². The number of carbonyl (C=O) groups excluding carboxylic acids is 1. The van der Waals surface area contributed by atoms with Crippen LogP contribution in [0.4, 0.5) is 0 Å². The average Bonchev–Trinajstić information content (AvgIpc) is 2.97. The van der Waals surface area contributed by atoms with E-state index in [2.05, 4.69) is 6.58 Å². The number of carboxylic acid groups (broad SMARTS) is 1. The van der Waals surface area contributed by atoms with Crippen molar-refractivity contribution < 1.29 is 34.8 Å². The van der Waals surface area contributed by atoms with Crippen LogP contribution in [-0.4, -0.2) is 55.8 Å². The second-order valence-corrected chi connectivity index (χ2v) is 9.48. The van der Waals surface area contributed by atoms with Gasteiger partial charge in [-0.15, -0.1) is 0 Å². The molecular formula is C19H24O7. The molecule has 4 saturated carbocycles. The summed E-state index contributed by atoms with van der Waals surface area (Å²) >= 11 is 0. The van der Waals surface area contributed by atoms with Gasteiger partial charge in [-0.3, -0.25) is 9.59 Å². The van der Waals surface area contributed by atoms with Gasteiger partial charge in [-0.25, -0.2) is 0 Å². The van der Waals surface area contributed by atoms with Crippen LogP contribution >= 0.6 is 0 Å². The van der Waals surface area contributed by atoms with Gasteiger partial charge in [-0.1, -0.05) is 6.58 Å². The maximum Gasteiger partial charge on any atom is 0.313 e. The van der Waals surface area contributed by atoms with E-state index in [1.54, 1.807) is 6.92 Å². The average molecular weight is 364 g/mol. The number of ether oxygens (including phenoxy) is 1. The molecule has 4 aliphatic carbocycles. The van der Waals surface area contributed by atoms with Crippen LogP contribution in [0, 0.1) is 28.6 Å². The van der Waals surface area contributed by atoms with Gasteiger partial charge in [-0.05, 0) is 50.0 Å². The maximum absolute atomic E-state index is 12.7. The number of rotatable bonds is 1. The van der Waals surface area contributed by atoms with Crippen molar-refractivity contribution >= 4 is 11.9 Å². The number of fused-ring (bicyclic) bond motifs is 1. The van der Waals surface area contributed by atoms with E-state index in [9.17, 15) is 30.0 Å². The van der Waals surface area contributed by atoms with Gasteiger partial charge in [0.05, 0.1) is 23.0 Å². The highest BCUT2D eigenvalue weighted by Gasteiger charge is 2.86. The molecule has 0 amide bonds. The summed E-state index contributed by atoms with van der Waals surface area (Å²) in [6.07, 6.45) is -1.04. The smallest absolute Gasteiger partial charge is 0.313 e. The van der Waals surface area contributed by atoms with Gasteiger partial charge in [0.2, 0.25) is 0 Å². The van der Waals surface area contributed by atoms with Crippen LogP contribution in [0.3, 0.4) is 0 Å². The lowest BCUT2D eigenvalue weighted by Gasteiger charge is -2.48. The molecule has 0 aromatic heterocycles. The lowest BCUT2D eigenvalue weighted by molar-refractivity contribution is -0.194. The molecule has 4 N–H and O–H groups in total. The topological polar surface area (TPSA) is 124 Å². The molecule has 1 aliphatic heterocycles. The lowest BCUT2D eigenvalue weighted by atomic mass is 9.58. The number of aliphatic hydroxyl groups excluding tert-OH is 2. The number of carbonyl (C=O) groups is 2. The summed E-state index contributed by atoms with van der Waals surface area (Å²) in [5, 5.41) is 42.5. The van der Waals surface area contributed by atoms with Gasteiger partial charge >= 0.3 is 11.9 Å². The Morgan fingerprint density at radius 1 is 1.35 bits per heavy atom. The van der Waals surface area contributed by atoms with E-state index in [0.717, 1.165) is 0 Å². The standard InChI is InChI=1S/C19H24O7/c1-8-5-17-7-18(8,25)4-3-10(17)19-12(11(17)14(22)23)16(2,15(24)26-19)6-9(20)13(19)21/h9-13,20-21,25H,1,3-7H2,2H3,(H,22,23). The van der Waals surface area contributed by atoms with Gasteiger partial charge in [-0.2, -0.15) is 0 Å². The zero-order valence-electron chi connectivity index (χ0n) is 14.6. The highest BCUT2D eigenvalue weighted by molar-refractivity contribution is 5.85. The van der Waals surface area contributed by atoms with Crippen LogP contribution < -0.4 is 0 Å². The Hall–Kier alpha value is -1.44. The predicted octanol–water partition coefficient (Wildman–Crippen LogP) is 0.222. The van der Waals surface area contributed by atoms with Crippen molar-refractivity contribution in [2.45, 2.75) is 62.4 Å². The molecule has 7 heteroatoms. The monoisotopic (exact) mass is 364 g/mol. The van der Waals surface area contributed by atoms with Crippen molar-refractivity contribution in [3.05, 3.63) is 12.2 Å². The number of esters is 1. The minimum atomic E-state index is -1.40. The number of carboxylic acids is 1. The second-order valence-electron chi connectivity index (χ2n) is 9.48. The molecule has 5 fully saturated rings. The van der Waals surface area contributed by atoms with Crippen LogP contribution in [0.15, 0.2) is 12.2 Å². The van der Waals surface area contributed by atoms with Crippen LogP contribution in [0.5, 0.6) is 0 Å². The van der Waals surface area contributed by atoms with Gasteiger partial charge in [0.1, 0.15) is 11.7 Å². The van der Waals surface area contributed by atoms with Gasteiger partial charge in [0.15, 0.2) is 0 Å². The predicted molar refractivity (Wildman–Crippen MR) is 86.7 cm³/mol. The van der Waals surface area contributed by atoms with E-state index >= 15 is 0 Å². The molecule has 26 heavy (non-hydrogen) atoms. The fourth-order valence-corrected chi connectivity index (χ4v) is 7.70. The van der Waals surface area contributed by atoms with E-state index in [1.165, 1.54) is 0 Å². The van der Waals surface area contributed by atoms with E-state index in [-0.39, 0.29) is 12.8 Å². The molecule has 1 saturated heterocycles. The quantitative estimate of drug-likeness (QED) is 0.388. The summed E-state index contributed by atoms with van der Waals surface area (Å²) in [5.74, 6) is -3.64. The molecule has 1 spiro atoms. The SMILES string of the molecule is C=C1CC23CC1(O)CCC2C12OC(=O)C(C)(CC(O)C1O)C2C3C(=O)O. The normalized spacial score (nSPS) is 59.8. The van der Waals surface area contributed by atoms with Crippen LogP contribution in [0.1, 0.15) is 39.0 Å². The third kappa shape index (κ3) is 1.43. The van der Waals surface area contributed by atoms with Crippen molar-refractivity contribution in [3.8, 4) is 0 Å². The first-order chi connectivity index (χ1) is 12.0. The van der Waals surface area contributed by atoms with E-state index in [1.807, 2.05) is 0 Å². The third-order valence-corrected chi connectivity index (χ3v) is 8.49. The van der Waals surface area contributed by atoms with Crippen LogP contribution in [-0.2, 0) is 14.3 Å². The molecule has 9 unspecified atom stereocenters. The van der Waals surface area contributed by atoms with E-state index < -0.39 is 63.9 Å². The third-order valence-electron chi connectivity index (χ3n) is 8.49. The lowest BCUT2D eigenvalue weighted by Crippen LogP contribution is -2.61. The molecule has 5 rings (SSSR count). The first-order valence-electron chi connectivity index (χ1n) is 9.26. The zero-order valence-corrected chi connectivity index (χ0v) is 14.6. The Balaban J connectivity index is 1.78. The second kappa shape index (κ2) is 4.34. The van der Waals surface area contributed by atoms with Crippen molar-refractivity contribution in [2.24, 2.45) is 28.6 Å². The van der Waals surface area contributed by atoms with E-state index in [4.69, 9.17) is 4.74 Å².